The first kappa shape index (κ1) is 8.55. The average molecular weight is 190 g/mol. The maximum atomic E-state index is 5.35. The number of oxazole rings is 1. The van der Waals surface area contributed by atoms with Gasteiger partial charge in [-0.05, 0) is 18.6 Å². The van der Waals surface area contributed by atoms with Crippen molar-refractivity contribution in [2.45, 2.75) is 6.92 Å². The molecule has 1 heterocycles. The summed E-state index contributed by atoms with van der Waals surface area (Å²) in [4.78, 5) is 7.83. The smallest absolute Gasteiger partial charge is 0.325 e. The highest BCUT2D eigenvalue weighted by atomic mass is 16.4. The molecule has 0 aliphatic carbocycles. The van der Waals surface area contributed by atoms with Crippen LogP contribution in [0.2, 0.25) is 0 Å². The molecule has 0 saturated heterocycles. The molecule has 0 saturated carbocycles. The number of rotatable bonds is 1. The summed E-state index contributed by atoms with van der Waals surface area (Å²) >= 11 is 0. The van der Waals surface area contributed by atoms with Gasteiger partial charge in [-0.3, -0.25) is 0 Å². The maximum absolute atomic E-state index is 5.35. The molecule has 1 aromatic heterocycles. The van der Waals surface area contributed by atoms with Gasteiger partial charge in [0.15, 0.2) is 11.5 Å². The Labute approximate surface area is 80.4 Å². The van der Waals surface area contributed by atoms with Crippen LogP contribution in [0.1, 0.15) is 5.56 Å². The number of hydrogen-bond donors (Lipinski definition) is 2. The van der Waals surface area contributed by atoms with Crippen molar-refractivity contribution in [1.82, 2.24) is 4.98 Å². The first-order chi connectivity index (χ1) is 6.66. The Balaban J connectivity index is 2.63. The van der Waals surface area contributed by atoms with Crippen LogP contribution in [0.25, 0.3) is 11.1 Å². The first-order valence-corrected chi connectivity index (χ1v) is 4.12. The zero-order chi connectivity index (χ0) is 10.1. The molecule has 14 heavy (non-hydrogen) atoms. The molecule has 4 N–H and O–H groups in total. The largest absolute Gasteiger partial charge is 0.422 e. The topological polar surface area (TPSA) is 90.4 Å². The van der Waals surface area contributed by atoms with Gasteiger partial charge in [-0.15, -0.1) is 0 Å². The second kappa shape index (κ2) is 3.02. The molecule has 0 fully saturated rings. The Kier molecular flexibility index (Phi) is 1.85. The third kappa shape index (κ3) is 1.39. The molecule has 0 aliphatic rings. The van der Waals surface area contributed by atoms with Gasteiger partial charge in [0.25, 0.3) is 0 Å². The van der Waals surface area contributed by atoms with E-state index in [9.17, 15) is 0 Å². The van der Waals surface area contributed by atoms with Crippen LogP contribution >= 0.6 is 0 Å². The molecule has 2 rings (SSSR count). The number of fused-ring (bicyclic) bond motifs is 1. The maximum Gasteiger partial charge on any atom is 0.325 e. The summed E-state index contributed by atoms with van der Waals surface area (Å²) in [5.74, 6) is -0.0609. The summed E-state index contributed by atoms with van der Waals surface area (Å²) < 4.78 is 5.35. The van der Waals surface area contributed by atoms with Gasteiger partial charge in [-0.25, -0.2) is 0 Å². The van der Waals surface area contributed by atoms with Gasteiger partial charge in [0.2, 0.25) is 0 Å². The molecule has 0 aliphatic heterocycles. The number of benzene rings is 1. The highest BCUT2D eigenvalue weighted by Gasteiger charge is 2.05. The van der Waals surface area contributed by atoms with Crippen LogP contribution < -0.4 is 11.5 Å². The van der Waals surface area contributed by atoms with E-state index in [1.54, 1.807) is 0 Å². The van der Waals surface area contributed by atoms with Gasteiger partial charge < -0.3 is 15.9 Å². The van der Waals surface area contributed by atoms with Crippen molar-refractivity contribution in [3.8, 4) is 0 Å². The standard InChI is InChI=1S/C9H10N4O/c1-5-3-2-4-6-7(5)14-9(12-6)13-8(10)11/h2-4H,1H3,(H4,10,11,12,13). The quantitative estimate of drug-likeness (QED) is 0.519. The van der Waals surface area contributed by atoms with E-state index < -0.39 is 0 Å². The number of nitrogens with zero attached hydrogens (tertiary/aromatic N) is 2. The summed E-state index contributed by atoms with van der Waals surface area (Å²) in [5, 5.41) is 0. The van der Waals surface area contributed by atoms with E-state index in [2.05, 4.69) is 9.98 Å². The minimum atomic E-state index is -0.0609. The van der Waals surface area contributed by atoms with E-state index in [1.165, 1.54) is 0 Å². The summed E-state index contributed by atoms with van der Waals surface area (Å²) in [6.45, 7) is 1.94. The molecule has 0 radical (unpaired) electrons. The Morgan fingerprint density at radius 2 is 2.21 bits per heavy atom. The van der Waals surface area contributed by atoms with E-state index in [0.29, 0.717) is 5.58 Å². The highest BCUT2D eigenvalue weighted by molar-refractivity contribution is 5.81. The predicted molar refractivity (Wildman–Crippen MR) is 54.2 cm³/mol. The van der Waals surface area contributed by atoms with Crippen LogP contribution in [0, 0.1) is 6.92 Å². The van der Waals surface area contributed by atoms with Crippen molar-refractivity contribution >= 4 is 23.1 Å². The molecular weight excluding hydrogens is 180 g/mol. The van der Waals surface area contributed by atoms with E-state index in [0.717, 1.165) is 11.1 Å². The van der Waals surface area contributed by atoms with Gasteiger partial charge in [0, 0.05) is 0 Å². The van der Waals surface area contributed by atoms with Crippen LogP contribution in [0.15, 0.2) is 27.6 Å². The number of nitrogens with two attached hydrogens (primary N) is 2. The number of aliphatic imine (C=N–C) groups is 1. The third-order valence-corrected chi connectivity index (χ3v) is 1.83. The molecular formula is C9H10N4O. The minimum Gasteiger partial charge on any atom is -0.422 e. The SMILES string of the molecule is Cc1cccc2nc(N=C(N)N)oc12. The molecule has 1 aromatic carbocycles. The fourth-order valence-corrected chi connectivity index (χ4v) is 1.23. The monoisotopic (exact) mass is 190 g/mol. The Morgan fingerprint density at radius 3 is 2.86 bits per heavy atom. The number of hydrogen-bond acceptors (Lipinski definition) is 3. The molecule has 0 spiro atoms. The van der Waals surface area contributed by atoms with E-state index in [1.807, 2.05) is 25.1 Å². The van der Waals surface area contributed by atoms with Crippen molar-refractivity contribution in [3.05, 3.63) is 23.8 Å². The van der Waals surface area contributed by atoms with Crippen LogP contribution in [-0.4, -0.2) is 10.9 Å². The Morgan fingerprint density at radius 1 is 1.43 bits per heavy atom. The van der Waals surface area contributed by atoms with E-state index in [4.69, 9.17) is 15.9 Å². The summed E-state index contributed by atoms with van der Waals surface area (Å²) in [5.41, 5.74) is 12.9. The number of aryl methyl sites for hydroxylation is 1. The number of guanidine groups is 1. The van der Waals surface area contributed by atoms with Gasteiger partial charge in [-0.1, -0.05) is 12.1 Å². The molecule has 0 amide bonds. The highest BCUT2D eigenvalue weighted by Crippen LogP contribution is 2.23. The molecule has 72 valence electrons. The predicted octanol–water partition coefficient (Wildman–Crippen LogP) is 1.04. The van der Waals surface area contributed by atoms with E-state index >= 15 is 0 Å². The zero-order valence-electron chi connectivity index (χ0n) is 7.69. The fraction of sp³-hybridized carbons (Fsp3) is 0.111. The van der Waals surface area contributed by atoms with Gasteiger partial charge >= 0.3 is 6.01 Å². The number of aromatic nitrogens is 1. The molecule has 5 heteroatoms. The summed E-state index contributed by atoms with van der Waals surface area (Å²) in [6, 6.07) is 5.87. The van der Waals surface area contributed by atoms with Gasteiger partial charge in [-0.2, -0.15) is 9.98 Å². The van der Waals surface area contributed by atoms with E-state index in [-0.39, 0.29) is 12.0 Å². The van der Waals surface area contributed by atoms with Crippen LogP contribution in [0.4, 0.5) is 6.01 Å². The normalized spacial score (nSPS) is 10.4. The van der Waals surface area contributed by atoms with Crippen LogP contribution in [-0.2, 0) is 0 Å². The average Bonchev–Trinajstić information content (AvgIpc) is 2.47. The Bertz CT molecular complexity index is 496. The lowest BCUT2D eigenvalue weighted by Gasteiger charge is -1.89. The fourth-order valence-electron chi connectivity index (χ4n) is 1.23. The lowest BCUT2D eigenvalue weighted by atomic mass is 10.2. The molecule has 0 atom stereocenters. The Hall–Kier alpha value is -2.04. The lowest BCUT2D eigenvalue weighted by molar-refractivity contribution is 0.611. The van der Waals surface area contributed by atoms with Crippen molar-refractivity contribution < 1.29 is 4.42 Å². The van der Waals surface area contributed by atoms with Crippen molar-refractivity contribution in [2.24, 2.45) is 16.5 Å². The van der Waals surface area contributed by atoms with Crippen molar-refractivity contribution in [3.63, 3.8) is 0 Å². The second-order valence-corrected chi connectivity index (χ2v) is 2.96. The zero-order valence-corrected chi connectivity index (χ0v) is 7.69. The summed E-state index contributed by atoms with van der Waals surface area (Å²) in [6.07, 6.45) is 0. The molecule has 5 nitrogen and oxygen atoms in total. The lowest BCUT2D eigenvalue weighted by Crippen LogP contribution is -2.21. The number of para-hydroxylation sites is 1. The van der Waals surface area contributed by atoms with Gasteiger partial charge in [0.1, 0.15) is 5.52 Å². The van der Waals surface area contributed by atoms with Gasteiger partial charge in [0.05, 0.1) is 0 Å². The summed E-state index contributed by atoms with van der Waals surface area (Å²) in [7, 11) is 0. The van der Waals surface area contributed by atoms with Crippen LogP contribution in [0.5, 0.6) is 0 Å². The van der Waals surface area contributed by atoms with Crippen LogP contribution in [0.3, 0.4) is 0 Å². The molecule has 2 aromatic rings. The van der Waals surface area contributed by atoms with Crippen molar-refractivity contribution in [1.29, 1.82) is 0 Å². The second-order valence-electron chi connectivity index (χ2n) is 2.96. The van der Waals surface area contributed by atoms with Crippen molar-refractivity contribution in [2.75, 3.05) is 0 Å². The molecule has 0 unspecified atom stereocenters. The molecule has 0 bridgehead atoms. The third-order valence-electron chi connectivity index (χ3n) is 1.83. The first-order valence-electron chi connectivity index (χ1n) is 4.12. The minimum absolute atomic E-state index is 0.0609.